The van der Waals surface area contributed by atoms with Crippen molar-refractivity contribution in [1.29, 1.82) is 0 Å². The average Bonchev–Trinajstić information content (AvgIpc) is 3.07. The molecule has 1 amide bonds. The lowest BCUT2D eigenvalue weighted by molar-refractivity contribution is -0.121. The summed E-state index contributed by atoms with van der Waals surface area (Å²) in [5.74, 6) is 1.75. The van der Waals surface area contributed by atoms with Gasteiger partial charge in [0.2, 0.25) is 5.91 Å². The number of benzene rings is 1. The maximum Gasteiger partial charge on any atom is 0.220 e. The number of para-hydroxylation sites is 1. The zero-order chi connectivity index (χ0) is 15.5. The summed E-state index contributed by atoms with van der Waals surface area (Å²) in [6.07, 6.45) is 1.96. The van der Waals surface area contributed by atoms with Crippen LogP contribution < -0.4 is 10.1 Å². The van der Waals surface area contributed by atoms with Gasteiger partial charge in [-0.25, -0.2) is 0 Å². The second kappa shape index (κ2) is 6.22. The molecule has 0 saturated heterocycles. The number of aromatic nitrogens is 1. The molecule has 116 valence electrons. The number of rotatable bonds is 5. The topological polar surface area (TPSA) is 64.4 Å². The molecule has 2 aromatic rings. The molecule has 2 heterocycles. The van der Waals surface area contributed by atoms with E-state index in [0.717, 1.165) is 29.2 Å². The van der Waals surface area contributed by atoms with E-state index < -0.39 is 0 Å². The van der Waals surface area contributed by atoms with Crippen molar-refractivity contribution >= 4 is 5.91 Å². The minimum Gasteiger partial charge on any atom is -0.488 e. The van der Waals surface area contributed by atoms with Crippen molar-refractivity contribution in [3.05, 3.63) is 46.8 Å². The molecule has 1 aromatic carbocycles. The van der Waals surface area contributed by atoms with Crippen molar-refractivity contribution in [3.8, 4) is 5.75 Å². The Hall–Kier alpha value is -2.30. The van der Waals surface area contributed by atoms with Crippen molar-refractivity contribution in [2.75, 3.05) is 6.54 Å². The number of nitrogens with zero attached hydrogens (tertiary/aromatic N) is 1. The Labute approximate surface area is 129 Å². The molecule has 5 heteroatoms. The quantitative estimate of drug-likeness (QED) is 0.920. The second-order valence-corrected chi connectivity index (χ2v) is 5.66. The minimum absolute atomic E-state index is 0.0274. The van der Waals surface area contributed by atoms with Crippen molar-refractivity contribution in [2.45, 2.75) is 39.2 Å². The number of fused-ring (bicyclic) bond motifs is 1. The first-order valence-corrected chi connectivity index (χ1v) is 7.56. The zero-order valence-electron chi connectivity index (χ0n) is 12.9. The summed E-state index contributed by atoms with van der Waals surface area (Å²) in [4.78, 5) is 12.0. The number of hydrogen-bond acceptors (Lipinski definition) is 4. The van der Waals surface area contributed by atoms with Gasteiger partial charge < -0.3 is 14.6 Å². The molecule has 3 rings (SSSR count). The Morgan fingerprint density at radius 1 is 1.36 bits per heavy atom. The lowest BCUT2D eigenvalue weighted by atomic mass is 10.1. The fourth-order valence-electron chi connectivity index (χ4n) is 2.78. The molecule has 0 fully saturated rings. The summed E-state index contributed by atoms with van der Waals surface area (Å²) in [6.45, 7) is 4.30. The molecule has 1 N–H and O–H groups in total. The molecule has 1 aliphatic heterocycles. The Morgan fingerprint density at radius 3 is 2.91 bits per heavy atom. The lowest BCUT2D eigenvalue weighted by Gasteiger charge is -2.11. The van der Waals surface area contributed by atoms with Crippen LogP contribution in [0.2, 0.25) is 0 Å². The summed E-state index contributed by atoms with van der Waals surface area (Å²) in [6, 6.07) is 8.00. The van der Waals surface area contributed by atoms with Crippen LogP contribution in [0.3, 0.4) is 0 Å². The number of carbonyl (C=O) groups is 1. The van der Waals surface area contributed by atoms with Gasteiger partial charge in [-0.2, -0.15) is 0 Å². The molecule has 0 saturated carbocycles. The highest BCUT2D eigenvalue weighted by atomic mass is 16.5. The number of aryl methyl sites for hydroxylation is 2. The molecule has 1 aromatic heterocycles. The van der Waals surface area contributed by atoms with Crippen molar-refractivity contribution in [1.82, 2.24) is 10.5 Å². The molecular weight excluding hydrogens is 280 g/mol. The second-order valence-electron chi connectivity index (χ2n) is 5.66. The van der Waals surface area contributed by atoms with E-state index in [4.69, 9.17) is 9.26 Å². The van der Waals surface area contributed by atoms with E-state index in [2.05, 4.69) is 16.5 Å². The SMILES string of the molecule is Cc1noc(C)c1CCC(=O)NC[C@@H]1Cc2ccccc2O1. The van der Waals surface area contributed by atoms with Crippen LogP contribution in [0.15, 0.2) is 28.8 Å². The van der Waals surface area contributed by atoms with E-state index in [0.29, 0.717) is 19.4 Å². The van der Waals surface area contributed by atoms with Crippen LogP contribution in [0.5, 0.6) is 5.75 Å². The van der Waals surface area contributed by atoms with Gasteiger partial charge in [-0.3, -0.25) is 4.79 Å². The number of amides is 1. The number of nitrogens with one attached hydrogen (secondary N) is 1. The molecule has 0 aliphatic carbocycles. The van der Waals surface area contributed by atoms with E-state index in [1.165, 1.54) is 5.56 Å². The summed E-state index contributed by atoms with van der Waals surface area (Å²) < 4.78 is 10.9. The highest BCUT2D eigenvalue weighted by Crippen LogP contribution is 2.27. The van der Waals surface area contributed by atoms with Crippen LogP contribution in [0.25, 0.3) is 0 Å². The molecule has 1 atom stereocenters. The van der Waals surface area contributed by atoms with Gasteiger partial charge in [0.1, 0.15) is 17.6 Å². The molecule has 22 heavy (non-hydrogen) atoms. The molecule has 0 spiro atoms. The van der Waals surface area contributed by atoms with Gasteiger partial charge in [0.05, 0.1) is 12.2 Å². The van der Waals surface area contributed by atoms with Crippen LogP contribution in [-0.4, -0.2) is 23.7 Å². The highest BCUT2D eigenvalue weighted by molar-refractivity contribution is 5.76. The Bertz CT molecular complexity index is 634. The van der Waals surface area contributed by atoms with E-state index in [-0.39, 0.29) is 12.0 Å². The van der Waals surface area contributed by atoms with Crippen LogP contribution in [-0.2, 0) is 17.6 Å². The first-order chi connectivity index (χ1) is 10.6. The molecule has 0 unspecified atom stereocenters. The summed E-state index contributed by atoms with van der Waals surface area (Å²) in [5, 5.41) is 6.85. The van der Waals surface area contributed by atoms with Gasteiger partial charge >= 0.3 is 0 Å². The molecule has 0 radical (unpaired) electrons. The van der Waals surface area contributed by atoms with Crippen LogP contribution in [0.1, 0.15) is 29.0 Å². The molecule has 1 aliphatic rings. The maximum absolute atomic E-state index is 12.0. The largest absolute Gasteiger partial charge is 0.488 e. The predicted octanol–water partition coefficient (Wildman–Crippen LogP) is 2.34. The Morgan fingerprint density at radius 2 is 2.18 bits per heavy atom. The summed E-state index contributed by atoms with van der Waals surface area (Å²) in [7, 11) is 0. The highest BCUT2D eigenvalue weighted by Gasteiger charge is 2.22. The van der Waals surface area contributed by atoms with Crippen molar-refractivity contribution < 1.29 is 14.1 Å². The first-order valence-electron chi connectivity index (χ1n) is 7.56. The maximum atomic E-state index is 12.0. The van der Waals surface area contributed by atoms with Gasteiger partial charge in [0, 0.05) is 18.4 Å². The smallest absolute Gasteiger partial charge is 0.220 e. The van der Waals surface area contributed by atoms with Crippen LogP contribution in [0.4, 0.5) is 0 Å². The van der Waals surface area contributed by atoms with E-state index in [1.54, 1.807) is 0 Å². The Balaban J connectivity index is 1.44. The summed E-state index contributed by atoms with van der Waals surface area (Å²) >= 11 is 0. The van der Waals surface area contributed by atoms with Gasteiger partial charge in [-0.15, -0.1) is 0 Å². The van der Waals surface area contributed by atoms with Gasteiger partial charge in [-0.1, -0.05) is 23.4 Å². The Kier molecular flexibility index (Phi) is 4.13. The number of hydrogen-bond donors (Lipinski definition) is 1. The van der Waals surface area contributed by atoms with Crippen LogP contribution in [0, 0.1) is 13.8 Å². The van der Waals surface area contributed by atoms with Crippen molar-refractivity contribution in [2.24, 2.45) is 0 Å². The van der Waals surface area contributed by atoms with Gasteiger partial charge in [0.15, 0.2) is 0 Å². The van der Waals surface area contributed by atoms with Gasteiger partial charge in [-0.05, 0) is 31.9 Å². The molecule has 5 nitrogen and oxygen atoms in total. The van der Waals surface area contributed by atoms with Crippen molar-refractivity contribution in [3.63, 3.8) is 0 Å². The normalized spacial score (nSPS) is 16.2. The zero-order valence-corrected chi connectivity index (χ0v) is 12.9. The van der Waals surface area contributed by atoms with Gasteiger partial charge in [0.25, 0.3) is 0 Å². The molecule has 0 bridgehead atoms. The number of ether oxygens (including phenoxy) is 1. The lowest BCUT2D eigenvalue weighted by Crippen LogP contribution is -2.34. The first kappa shape index (κ1) is 14.6. The minimum atomic E-state index is 0.0274. The average molecular weight is 300 g/mol. The predicted molar refractivity (Wildman–Crippen MR) is 81.9 cm³/mol. The van der Waals surface area contributed by atoms with E-state index in [1.807, 2.05) is 32.0 Å². The molecular formula is C17H20N2O3. The third-order valence-electron chi connectivity index (χ3n) is 4.02. The fraction of sp³-hybridized carbons (Fsp3) is 0.412. The standard InChI is InChI=1S/C17H20N2O3/c1-11-15(12(2)22-19-11)7-8-17(20)18-10-14-9-13-5-3-4-6-16(13)21-14/h3-6,14H,7-10H2,1-2H3,(H,18,20)/t14-/m0/s1. The summed E-state index contributed by atoms with van der Waals surface area (Å²) in [5.41, 5.74) is 3.09. The van der Waals surface area contributed by atoms with Crippen LogP contribution >= 0.6 is 0 Å². The van der Waals surface area contributed by atoms with E-state index in [9.17, 15) is 4.79 Å². The number of carbonyl (C=O) groups excluding carboxylic acids is 1. The van der Waals surface area contributed by atoms with E-state index >= 15 is 0 Å². The third kappa shape index (κ3) is 3.13. The monoisotopic (exact) mass is 300 g/mol. The third-order valence-corrected chi connectivity index (χ3v) is 4.02. The fourth-order valence-corrected chi connectivity index (χ4v) is 2.78.